The minimum Gasteiger partial charge on any atom is -0.497 e. The predicted octanol–water partition coefficient (Wildman–Crippen LogP) is 4.20. The van der Waals surface area contributed by atoms with Crippen LogP contribution in [0.25, 0.3) is 16.2 Å². The Morgan fingerprint density at radius 2 is 1.94 bits per heavy atom. The number of ether oxygens (including phenoxy) is 2. The average molecular weight is 471 g/mol. The Hall–Kier alpha value is -3.24. The largest absolute Gasteiger partial charge is 0.497 e. The molecule has 166 valence electrons. The van der Waals surface area contributed by atoms with Crippen LogP contribution in [-0.2, 0) is 27.2 Å². The number of aromatic nitrogens is 3. The number of nitrogens with one attached hydrogen (secondary N) is 1. The molecule has 0 spiro atoms. The minimum absolute atomic E-state index is 0.101. The van der Waals surface area contributed by atoms with E-state index in [1.807, 2.05) is 40.2 Å². The van der Waals surface area contributed by atoms with Crippen molar-refractivity contribution in [2.75, 3.05) is 19.0 Å². The lowest BCUT2D eigenvalue weighted by Crippen LogP contribution is -2.13. The number of nitrogens with zero attached hydrogens (tertiary/aromatic N) is 3. The second-order valence-electron chi connectivity index (χ2n) is 6.91. The van der Waals surface area contributed by atoms with Crippen molar-refractivity contribution in [3.8, 4) is 17.0 Å². The molecule has 0 aliphatic heterocycles. The van der Waals surface area contributed by atoms with Gasteiger partial charge in [0.05, 0.1) is 31.5 Å². The topological polar surface area (TPSA) is 94.8 Å². The van der Waals surface area contributed by atoms with E-state index in [9.17, 15) is 9.59 Å². The van der Waals surface area contributed by atoms with E-state index in [2.05, 4.69) is 15.3 Å². The van der Waals surface area contributed by atoms with Crippen molar-refractivity contribution < 1.29 is 19.1 Å². The van der Waals surface area contributed by atoms with Crippen LogP contribution in [0.5, 0.6) is 5.75 Å². The van der Waals surface area contributed by atoms with E-state index in [0.29, 0.717) is 30.3 Å². The van der Waals surface area contributed by atoms with Crippen LogP contribution in [-0.4, -0.2) is 40.0 Å². The van der Waals surface area contributed by atoms with Gasteiger partial charge < -0.3 is 14.8 Å². The van der Waals surface area contributed by atoms with Crippen LogP contribution in [0, 0.1) is 0 Å². The maximum absolute atomic E-state index is 12.4. The van der Waals surface area contributed by atoms with Crippen molar-refractivity contribution in [3.05, 3.63) is 52.6 Å². The van der Waals surface area contributed by atoms with E-state index in [-0.39, 0.29) is 18.3 Å². The number of amides is 1. The zero-order valence-corrected chi connectivity index (χ0v) is 19.3. The molecule has 32 heavy (non-hydrogen) atoms. The predicted molar refractivity (Wildman–Crippen MR) is 124 cm³/mol. The number of carbonyl (C=O) groups is 2. The van der Waals surface area contributed by atoms with E-state index < -0.39 is 0 Å². The van der Waals surface area contributed by atoms with Crippen molar-refractivity contribution in [2.45, 2.75) is 26.2 Å². The smallest absolute Gasteiger partial charge is 0.311 e. The molecule has 0 unspecified atom stereocenters. The van der Waals surface area contributed by atoms with Crippen molar-refractivity contribution >= 4 is 44.6 Å². The number of rotatable bonds is 9. The molecule has 0 saturated carbocycles. The van der Waals surface area contributed by atoms with Gasteiger partial charge >= 0.3 is 5.97 Å². The van der Waals surface area contributed by atoms with E-state index in [1.54, 1.807) is 30.8 Å². The Kier molecular flexibility index (Phi) is 6.81. The fourth-order valence-electron chi connectivity index (χ4n) is 3.14. The highest BCUT2D eigenvalue weighted by molar-refractivity contribution is 7.15. The van der Waals surface area contributed by atoms with E-state index in [0.717, 1.165) is 27.7 Å². The molecule has 4 aromatic rings. The lowest BCUT2D eigenvalue weighted by molar-refractivity contribution is -0.142. The third kappa shape index (κ3) is 5.14. The molecule has 0 radical (unpaired) electrons. The van der Waals surface area contributed by atoms with Crippen molar-refractivity contribution in [1.82, 2.24) is 14.4 Å². The zero-order chi connectivity index (χ0) is 22.5. The number of fused-ring (bicyclic) bond motifs is 1. The van der Waals surface area contributed by atoms with Crippen molar-refractivity contribution in [2.24, 2.45) is 0 Å². The molecule has 0 aliphatic carbocycles. The molecule has 1 aromatic carbocycles. The summed E-state index contributed by atoms with van der Waals surface area (Å²) in [7, 11) is 1.64. The normalized spacial score (nSPS) is 10.9. The summed E-state index contributed by atoms with van der Waals surface area (Å²) in [5.41, 5.74) is 3.50. The summed E-state index contributed by atoms with van der Waals surface area (Å²) in [5.74, 6) is 0.345. The summed E-state index contributed by atoms with van der Waals surface area (Å²) >= 11 is 2.84. The van der Waals surface area contributed by atoms with Gasteiger partial charge in [-0.3, -0.25) is 14.0 Å². The number of hydrogen-bond donors (Lipinski definition) is 1. The number of hydrogen-bond acceptors (Lipinski definition) is 8. The van der Waals surface area contributed by atoms with Crippen LogP contribution in [0.15, 0.2) is 41.2 Å². The van der Waals surface area contributed by atoms with Crippen molar-refractivity contribution in [3.63, 3.8) is 0 Å². The molecule has 8 nitrogen and oxygen atoms in total. The molecule has 1 N–H and O–H groups in total. The summed E-state index contributed by atoms with van der Waals surface area (Å²) in [6.07, 6.45) is 2.98. The van der Waals surface area contributed by atoms with Gasteiger partial charge in [-0.25, -0.2) is 9.97 Å². The van der Waals surface area contributed by atoms with E-state index in [1.165, 1.54) is 11.3 Å². The first-order valence-electron chi connectivity index (χ1n) is 10.1. The van der Waals surface area contributed by atoms with E-state index in [4.69, 9.17) is 9.47 Å². The first kappa shape index (κ1) is 22.0. The van der Waals surface area contributed by atoms with Crippen LogP contribution >= 0.6 is 22.7 Å². The van der Waals surface area contributed by atoms with Crippen LogP contribution in [0.1, 0.15) is 24.7 Å². The molecular formula is C22H22N4O4S2. The molecule has 4 rings (SSSR count). The first-order valence-corrected chi connectivity index (χ1v) is 11.8. The van der Waals surface area contributed by atoms with Crippen LogP contribution < -0.4 is 10.1 Å². The average Bonchev–Trinajstić information content (AvgIpc) is 3.49. The minimum atomic E-state index is -0.327. The standard InChI is InChI=1S/C22H22N4O4S2/c1-3-30-20(28)10-15-12-31-21(23-15)25-19(27)9-6-16-13-32-22-24-18(11-26(16)22)14-4-7-17(29-2)8-5-14/h4-5,7-8,11-13H,3,6,9-10H2,1-2H3,(H,23,25,27). The second kappa shape index (κ2) is 9.92. The zero-order valence-electron chi connectivity index (χ0n) is 17.7. The molecule has 10 heteroatoms. The molecule has 3 heterocycles. The molecule has 0 saturated heterocycles. The summed E-state index contributed by atoms with van der Waals surface area (Å²) < 4.78 is 12.2. The highest BCUT2D eigenvalue weighted by Gasteiger charge is 2.13. The number of imidazole rings is 1. The maximum atomic E-state index is 12.4. The molecule has 0 bridgehead atoms. The second-order valence-corrected chi connectivity index (χ2v) is 8.60. The van der Waals surface area contributed by atoms with Crippen molar-refractivity contribution in [1.29, 1.82) is 0 Å². The summed E-state index contributed by atoms with van der Waals surface area (Å²) in [5, 5.41) is 7.06. The van der Waals surface area contributed by atoms with Gasteiger partial charge in [0.25, 0.3) is 0 Å². The third-order valence-electron chi connectivity index (χ3n) is 4.71. The van der Waals surface area contributed by atoms with Gasteiger partial charge in [0.2, 0.25) is 5.91 Å². The number of benzene rings is 1. The highest BCUT2D eigenvalue weighted by Crippen LogP contribution is 2.26. The molecule has 1 amide bonds. The monoisotopic (exact) mass is 470 g/mol. The van der Waals surface area contributed by atoms with Gasteiger partial charge in [0.1, 0.15) is 5.75 Å². The molecule has 0 atom stereocenters. The fourth-order valence-corrected chi connectivity index (χ4v) is 4.77. The number of anilines is 1. The van der Waals surface area contributed by atoms with Gasteiger partial charge in [-0.1, -0.05) is 0 Å². The lowest BCUT2D eigenvalue weighted by Gasteiger charge is -2.02. The number of thiazole rings is 2. The fraction of sp³-hybridized carbons (Fsp3) is 0.273. The lowest BCUT2D eigenvalue weighted by atomic mass is 10.1. The first-order chi connectivity index (χ1) is 15.6. The van der Waals surface area contributed by atoms with Gasteiger partial charge in [0, 0.05) is 34.6 Å². The highest BCUT2D eigenvalue weighted by atomic mass is 32.1. The van der Waals surface area contributed by atoms with Crippen LogP contribution in [0.4, 0.5) is 5.13 Å². The molecule has 0 fully saturated rings. The summed E-state index contributed by atoms with van der Waals surface area (Å²) in [6, 6.07) is 7.76. The Morgan fingerprint density at radius 3 is 2.69 bits per heavy atom. The van der Waals surface area contributed by atoms with E-state index >= 15 is 0 Å². The van der Waals surface area contributed by atoms with Gasteiger partial charge in [-0.2, -0.15) is 0 Å². The summed E-state index contributed by atoms with van der Waals surface area (Å²) in [6.45, 7) is 2.09. The Morgan fingerprint density at radius 1 is 1.12 bits per heavy atom. The van der Waals surface area contributed by atoms with Gasteiger partial charge in [-0.05, 0) is 37.6 Å². The van der Waals surface area contributed by atoms with Gasteiger partial charge in [-0.15, -0.1) is 22.7 Å². The van der Waals surface area contributed by atoms with Crippen LogP contribution in [0.2, 0.25) is 0 Å². The Bertz CT molecular complexity index is 1230. The summed E-state index contributed by atoms with van der Waals surface area (Å²) in [4.78, 5) is 33.8. The third-order valence-corrected chi connectivity index (χ3v) is 6.40. The number of esters is 1. The molecule has 3 aromatic heterocycles. The Labute approximate surface area is 192 Å². The van der Waals surface area contributed by atoms with Crippen LogP contribution in [0.3, 0.4) is 0 Å². The maximum Gasteiger partial charge on any atom is 0.311 e. The number of aryl methyl sites for hydroxylation is 1. The molecular weight excluding hydrogens is 448 g/mol. The Balaban J connectivity index is 1.35. The number of carbonyl (C=O) groups excluding carboxylic acids is 2. The number of methoxy groups -OCH3 is 1. The SMILES string of the molecule is CCOC(=O)Cc1csc(NC(=O)CCc2csc3nc(-c4ccc(OC)cc4)cn23)n1. The molecule has 0 aliphatic rings. The quantitative estimate of drug-likeness (QED) is 0.368. The van der Waals surface area contributed by atoms with Gasteiger partial charge in [0.15, 0.2) is 10.1 Å².